The summed E-state index contributed by atoms with van der Waals surface area (Å²) >= 11 is 1.59. The van der Waals surface area contributed by atoms with Crippen LogP contribution in [0.25, 0.3) is 0 Å². The molecule has 208 valence electrons. The lowest BCUT2D eigenvalue weighted by Gasteiger charge is -2.26. The molecule has 0 radical (unpaired) electrons. The number of quaternary nitrogens is 1. The Balaban J connectivity index is 1.89. The maximum atomic E-state index is 13.6. The SMILES string of the molecule is [CH2+]S(=O)(=O)[N+](C)(CC)c1ccc(CC(CC(=O)C(Cc2ccccc2)NC(C)=O)c2csc(C(C)C)n2)cc1. The van der Waals surface area contributed by atoms with Crippen molar-refractivity contribution in [1.29, 1.82) is 0 Å². The molecule has 0 aliphatic rings. The number of benzene rings is 2. The molecule has 9 heteroatoms. The summed E-state index contributed by atoms with van der Waals surface area (Å²) in [6, 6.07) is 16.5. The molecule has 3 aromatic rings. The number of thiazole rings is 1. The third-order valence-electron chi connectivity index (χ3n) is 7.13. The summed E-state index contributed by atoms with van der Waals surface area (Å²) in [5.41, 5.74) is 3.44. The van der Waals surface area contributed by atoms with Crippen LogP contribution < -0.4 is 9.21 Å². The van der Waals surface area contributed by atoms with Crippen LogP contribution in [0, 0.1) is 6.26 Å². The standard InChI is InChI=1S/C30H38N3O4S2/c1-7-33(5,39(6,36)37)26-15-13-24(14-16-26)17-25(28-20-38-30(32-28)21(2)3)19-29(35)27(31-22(4)34)18-23-11-9-8-10-12-23/h8-16,20-21,25,27H,6-7,17-19H2,1-5H3/q+1/p+1. The van der Waals surface area contributed by atoms with Gasteiger partial charge in [0.25, 0.3) is 0 Å². The highest BCUT2D eigenvalue weighted by Crippen LogP contribution is 2.31. The normalized spacial score (nSPS) is 14.9. The van der Waals surface area contributed by atoms with Gasteiger partial charge in [-0.25, -0.2) is 4.98 Å². The summed E-state index contributed by atoms with van der Waals surface area (Å²) in [6.07, 6.45) is 4.58. The Morgan fingerprint density at radius 3 is 2.15 bits per heavy atom. The van der Waals surface area contributed by atoms with Crippen LogP contribution in [0.15, 0.2) is 60.0 Å². The van der Waals surface area contributed by atoms with Gasteiger partial charge in [0.2, 0.25) is 12.2 Å². The van der Waals surface area contributed by atoms with Crippen molar-refractivity contribution >= 4 is 38.7 Å². The number of hydrogen-bond donors (Lipinski definition) is 1. The van der Waals surface area contributed by atoms with E-state index in [1.807, 2.05) is 66.9 Å². The van der Waals surface area contributed by atoms with E-state index >= 15 is 0 Å². The molecule has 3 rings (SSSR count). The van der Waals surface area contributed by atoms with Crippen LogP contribution in [-0.2, 0) is 32.5 Å². The molecule has 0 saturated heterocycles. The Morgan fingerprint density at radius 2 is 1.64 bits per heavy atom. The van der Waals surface area contributed by atoms with E-state index in [0.717, 1.165) is 21.8 Å². The van der Waals surface area contributed by atoms with Crippen LogP contribution in [0.5, 0.6) is 0 Å². The molecule has 3 unspecified atom stereocenters. The van der Waals surface area contributed by atoms with E-state index in [1.54, 1.807) is 18.4 Å². The second-order valence-corrected chi connectivity index (χ2v) is 13.3. The third-order valence-corrected chi connectivity index (χ3v) is 9.99. The number of amides is 1. The number of sulfonamides is 1. The smallest absolute Gasteiger partial charge is 0.346 e. The Kier molecular flexibility index (Phi) is 10.1. The zero-order valence-electron chi connectivity index (χ0n) is 23.4. The van der Waals surface area contributed by atoms with Crippen LogP contribution in [-0.4, -0.2) is 44.7 Å². The Morgan fingerprint density at radius 1 is 1.03 bits per heavy atom. The summed E-state index contributed by atoms with van der Waals surface area (Å²) in [4.78, 5) is 30.4. The first kappa shape index (κ1) is 30.5. The average Bonchev–Trinajstić information content (AvgIpc) is 3.38. The van der Waals surface area contributed by atoms with Gasteiger partial charge < -0.3 is 5.32 Å². The second kappa shape index (κ2) is 12.9. The Bertz CT molecular complexity index is 1370. The van der Waals surface area contributed by atoms with E-state index in [4.69, 9.17) is 4.98 Å². The number of nitrogens with zero attached hydrogens (tertiary/aromatic N) is 2. The molecule has 0 aliphatic heterocycles. The predicted octanol–water partition coefficient (Wildman–Crippen LogP) is 5.38. The topological polar surface area (TPSA) is 93.2 Å². The number of hydrogen-bond acceptors (Lipinski definition) is 6. The summed E-state index contributed by atoms with van der Waals surface area (Å²) < 4.78 is 24.4. The fraction of sp³-hybridized carbons (Fsp3) is 0.400. The maximum Gasteiger partial charge on any atom is 0.451 e. The van der Waals surface area contributed by atoms with Gasteiger partial charge in [-0.2, -0.15) is 3.89 Å². The molecule has 39 heavy (non-hydrogen) atoms. The van der Waals surface area contributed by atoms with Crippen molar-refractivity contribution < 1.29 is 18.0 Å². The van der Waals surface area contributed by atoms with Crippen molar-refractivity contribution in [3.8, 4) is 0 Å². The lowest BCUT2D eigenvalue weighted by atomic mass is 9.88. The number of rotatable bonds is 13. The Labute approximate surface area is 236 Å². The monoisotopic (exact) mass is 569 g/mol. The molecule has 1 N–H and O–H groups in total. The van der Waals surface area contributed by atoms with Gasteiger partial charge in [-0.1, -0.05) is 56.3 Å². The van der Waals surface area contributed by atoms with Gasteiger partial charge in [-0.05, 0) is 30.9 Å². The average molecular weight is 570 g/mol. The van der Waals surface area contributed by atoms with Gasteiger partial charge in [-0.15, -0.1) is 19.8 Å². The number of ketones is 1. The maximum absolute atomic E-state index is 13.6. The largest absolute Gasteiger partial charge is 0.451 e. The molecule has 0 spiro atoms. The molecular formula is C30H39N3O4S2+2. The summed E-state index contributed by atoms with van der Waals surface area (Å²) in [5.74, 6) is -0.209. The minimum atomic E-state index is -3.61. The van der Waals surface area contributed by atoms with E-state index in [-0.39, 0.29) is 33.8 Å². The van der Waals surface area contributed by atoms with Crippen LogP contribution in [0.4, 0.5) is 5.69 Å². The highest BCUT2D eigenvalue weighted by atomic mass is 32.2. The van der Waals surface area contributed by atoms with Gasteiger partial charge in [0.15, 0.2) is 11.5 Å². The molecule has 1 amide bonds. The molecule has 2 aromatic carbocycles. The molecule has 7 nitrogen and oxygen atoms in total. The summed E-state index contributed by atoms with van der Waals surface area (Å²) in [7, 11) is -1.98. The fourth-order valence-corrected chi connectivity index (χ4v) is 6.29. The number of aromatic nitrogens is 1. The molecule has 0 aliphatic carbocycles. The van der Waals surface area contributed by atoms with Gasteiger partial charge in [0, 0.05) is 42.7 Å². The van der Waals surface area contributed by atoms with Crippen LogP contribution >= 0.6 is 11.3 Å². The number of nitrogens with one attached hydrogen (secondary N) is 1. The van der Waals surface area contributed by atoms with E-state index in [0.29, 0.717) is 25.1 Å². The van der Waals surface area contributed by atoms with Gasteiger partial charge in [0.05, 0.1) is 30.3 Å². The highest BCUT2D eigenvalue weighted by Gasteiger charge is 2.40. The lowest BCUT2D eigenvalue weighted by molar-refractivity contribution is -0.127. The molecular weight excluding hydrogens is 530 g/mol. The van der Waals surface area contributed by atoms with E-state index in [9.17, 15) is 18.0 Å². The number of carbonyl (C=O) groups is 2. The molecule has 1 aromatic heterocycles. The zero-order chi connectivity index (χ0) is 28.8. The molecule has 0 saturated carbocycles. The molecule has 0 fully saturated rings. The van der Waals surface area contributed by atoms with Crippen molar-refractivity contribution in [2.75, 3.05) is 13.6 Å². The van der Waals surface area contributed by atoms with Gasteiger partial charge in [0.1, 0.15) is 0 Å². The van der Waals surface area contributed by atoms with E-state index in [1.165, 1.54) is 6.92 Å². The van der Waals surface area contributed by atoms with E-state index in [2.05, 4.69) is 25.4 Å². The first-order valence-corrected chi connectivity index (χ1v) is 15.6. The molecule has 3 atom stereocenters. The highest BCUT2D eigenvalue weighted by molar-refractivity contribution is 7.92. The Hall–Kier alpha value is -3.01. The van der Waals surface area contributed by atoms with Gasteiger partial charge in [-0.3, -0.25) is 9.59 Å². The second-order valence-electron chi connectivity index (χ2n) is 10.4. The number of carbonyl (C=O) groups excluding carboxylic acids is 2. The quantitative estimate of drug-likeness (QED) is 0.220. The van der Waals surface area contributed by atoms with Crippen molar-refractivity contribution in [3.05, 3.63) is 88.1 Å². The van der Waals surface area contributed by atoms with Crippen LogP contribution in [0.3, 0.4) is 0 Å². The first-order chi connectivity index (χ1) is 18.3. The lowest BCUT2D eigenvalue weighted by Crippen LogP contribution is -2.48. The summed E-state index contributed by atoms with van der Waals surface area (Å²) in [6.45, 7) is 7.77. The van der Waals surface area contributed by atoms with Crippen LogP contribution in [0.1, 0.15) is 67.8 Å². The minimum absolute atomic E-state index is 0.0480. The van der Waals surface area contributed by atoms with E-state index < -0.39 is 16.1 Å². The zero-order valence-corrected chi connectivity index (χ0v) is 25.0. The van der Waals surface area contributed by atoms with Crippen molar-refractivity contribution in [2.45, 2.75) is 64.8 Å². The van der Waals surface area contributed by atoms with Crippen molar-refractivity contribution in [2.24, 2.45) is 0 Å². The summed E-state index contributed by atoms with van der Waals surface area (Å²) in [5, 5.41) is 5.88. The molecule has 1 heterocycles. The fourth-order valence-electron chi connectivity index (χ4n) is 4.53. The van der Waals surface area contributed by atoms with Crippen LogP contribution in [0.2, 0.25) is 0 Å². The minimum Gasteiger partial charge on any atom is -0.346 e. The first-order valence-electron chi connectivity index (χ1n) is 13.2. The predicted molar refractivity (Wildman–Crippen MR) is 159 cm³/mol. The van der Waals surface area contributed by atoms with Crippen molar-refractivity contribution in [1.82, 2.24) is 14.2 Å². The third kappa shape index (κ3) is 7.77. The van der Waals surface area contributed by atoms with Gasteiger partial charge >= 0.3 is 10.0 Å². The number of Topliss-reactive ketones (excluding diaryl/α,β-unsaturated/α-hetero) is 1. The molecule has 0 bridgehead atoms. The van der Waals surface area contributed by atoms with Crippen molar-refractivity contribution in [3.63, 3.8) is 0 Å².